The van der Waals surface area contributed by atoms with Crippen LogP contribution in [0.15, 0.2) is 60.7 Å². The van der Waals surface area contributed by atoms with Gasteiger partial charge in [0.2, 0.25) is 5.91 Å². The van der Waals surface area contributed by atoms with Gasteiger partial charge in [0.05, 0.1) is 7.11 Å². The SMILES string of the molecule is COc1ccc(CCN(C)C(=O)/C=C/c2ccccc2)cc1. The van der Waals surface area contributed by atoms with Crippen molar-refractivity contribution in [3.05, 3.63) is 71.8 Å². The molecule has 3 nitrogen and oxygen atoms in total. The molecular formula is C19H21NO2. The number of hydrogen-bond acceptors (Lipinski definition) is 2. The Bertz CT molecular complexity index is 618. The van der Waals surface area contributed by atoms with Crippen LogP contribution in [0.2, 0.25) is 0 Å². The van der Waals surface area contributed by atoms with Crippen molar-refractivity contribution in [2.75, 3.05) is 20.7 Å². The lowest BCUT2D eigenvalue weighted by molar-refractivity contribution is -0.124. The minimum Gasteiger partial charge on any atom is -0.497 e. The second-order valence-electron chi connectivity index (χ2n) is 5.10. The zero-order chi connectivity index (χ0) is 15.8. The van der Waals surface area contributed by atoms with Crippen LogP contribution in [0.5, 0.6) is 5.75 Å². The predicted molar refractivity (Wildman–Crippen MR) is 89.8 cm³/mol. The van der Waals surface area contributed by atoms with Gasteiger partial charge in [0.1, 0.15) is 5.75 Å². The normalized spacial score (nSPS) is 10.6. The second-order valence-corrected chi connectivity index (χ2v) is 5.10. The highest BCUT2D eigenvalue weighted by atomic mass is 16.5. The van der Waals surface area contributed by atoms with Crippen molar-refractivity contribution >= 4 is 12.0 Å². The maximum absolute atomic E-state index is 12.1. The Morgan fingerprint density at radius 2 is 1.77 bits per heavy atom. The largest absolute Gasteiger partial charge is 0.497 e. The highest BCUT2D eigenvalue weighted by Gasteiger charge is 2.05. The summed E-state index contributed by atoms with van der Waals surface area (Å²) in [5.74, 6) is 0.858. The first kappa shape index (κ1) is 15.8. The van der Waals surface area contributed by atoms with Crippen LogP contribution in [0.3, 0.4) is 0 Å². The smallest absolute Gasteiger partial charge is 0.246 e. The molecule has 0 saturated carbocycles. The molecule has 0 atom stereocenters. The molecule has 0 aliphatic carbocycles. The average Bonchev–Trinajstić information content (AvgIpc) is 2.58. The fraction of sp³-hybridized carbons (Fsp3) is 0.211. The van der Waals surface area contributed by atoms with Crippen LogP contribution in [-0.2, 0) is 11.2 Å². The lowest BCUT2D eigenvalue weighted by Crippen LogP contribution is -2.27. The Labute approximate surface area is 131 Å². The van der Waals surface area contributed by atoms with Crippen LogP contribution in [0.25, 0.3) is 6.08 Å². The van der Waals surface area contributed by atoms with Crippen LogP contribution in [-0.4, -0.2) is 31.5 Å². The Hall–Kier alpha value is -2.55. The van der Waals surface area contributed by atoms with Crippen LogP contribution in [0, 0.1) is 0 Å². The van der Waals surface area contributed by atoms with Crippen LogP contribution in [0.1, 0.15) is 11.1 Å². The Morgan fingerprint density at radius 3 is 2.41 bits per heavy atom. The third-order valence-electron chi connectivity index (χ3n) is 3.49. The number of hydrogen-bond donors (Lipinski definition) is 0. The molecule has 0 saturated heterocycles. The van der Waals surface area contributed by atoms with E-state index in [-0.39, 0.29) is 5.91 Å². The summed E-state index contributed by atoms with van der Waals surface area (Å²) in [5.41, 5.74) is 2.21. The van der Waals surface area contributed by atoms with E-state index in [1.165, 1.54) is 5.56 Å². The molecule has 0 aliphatic heterocycles. The molecule has 0 aliphatic rings. The molecule has 3 heteroatoms. The number of carbonyl (C=O) groups is 1. The Balaban J connectivity index is 1.84. The molecule has 0 N–H and O–H groups in total. The molecule has 0 aromatic heterocycles. The van der Waals surface area contributed by atoms with Crippen LogP contribution >= 0.6 is 0 Å². The van der Waals surface area contributed by atoms with E-state index in [2.05, 4.69) is 0 Å². The maximum Gasteiger partial charge on any atom is 0.246 e. The average molecular weight is 295 g/mol. The van der Waals surface area contributed by atoms with Gasteiger partial charge in [0.25, 0.3) is 0 Å². The van der Waals surface area contributed by atoms with E-state index in [1.54, 1.807) is 18.1 Å². The summed E-state index contributed by atoms with van der Waals surface area (Å²) in [6.45, 7) is 0.685. The zero-order valence-electron chi connectivity index (χ0n) is 13.0. The molecule has 2 rings (SSSR count). The van der Waals surface area contributed by atoms with Gasteiger partial charge >= 0.3 is 0 Å². The van der Waals surface area contributed by atoms with E-state index in [1.807, 2.05) is 67.7 Å². The van der Waals surface area contributed by atoms with Gasteiger partial charge in [-0.15, -0.1) is 0 Å². The molecule has 114 valence electrons. The second kappa shape index (κ2) is 8.03. The van der Waals surface area contributed by atoms with Crippen molar-refractivity contribution in [1.82, 2.24) is 4.90 Å². The number of ether oxygens (including phenoxy) is 1. The number of benzene rings is 2. The van der Waals surface area contributed by atoms with Gasteiger partial charge in [0.15, 0.2) is 0 Å². The molecule has 0 bridgehead atoms. The molecule has 2 aromatic rings. The Morgan fingerprint density at radius 1 is 1.09 bits per heavy atom. The van der Waals surface area contributed by atoms with Crippen LogP contribution < -0.4 is 4.74 Å². The maximum atomic E-state index is 12.1. The van der Waals surface area contributed by atoms with E-state index in [9.17, 15) is 4.79 Å². The van der Waals surface area contributed by atoms with E-state index in [0.717, 1.165) is 17.7 Å². The number of likely N-dealkylation sites (N-methyl/N-ethyl adjacent to an activating group) is 1. The summed E-state index contributed by atoms with van der Waals surface area (Å²) in [6, 6.07) is 17.7. The number of methoxy groups -OCH3 is 1. The van der Waals surface area contributed by atoms with E-state index in [0.29, 0.717) is 6.54 Å². The van der Waals surface area contributed by atoms with Crippen molar-refractivity contribution in [2.45, 2.75) is 6.42 Å². The summed E-state index contributed by atoms with van der Waals surface area (Å²) >= 11 is 0. The Kier molecular flexibility index (Phi) is 5.78. The number of rotatable bonds is 6. The lowest BCUT2D eigenvalue weighted by atomic mass is 10.1. The van der Waals surface area contributed by atoms with Gasteiger partial charge in [-0.05, 0) is 35.8 Å². The minimum absolute atomic E-state index is 0.0114. The summed E-state index contributed by atoms with van der Waals surface area (Å²) in [4.78, 5) is 13.8. The number of amides is 1. The van der Waals surface area contributed by atoms with E-state index in [4.69, 9.17) is 4.74 Å². The minimum atomic E-state index is 0.0114. The van der Waals surface area contributed by atoms with Gasteiger partial charge in [0, 0.05) is 19.7 Å². The van der Waals surface area contributed by atoms with Gasteiger partial charge in [-0.1, -0.05) is 42.5 Å². The first-order valence-corrected chi connectivity index (χ1v) is 7.30. The summed E-state index contributed by atoms with van der Waals surface area (Å²) in [5, 5.41) is 0. The summed E-state index contributed by atoms with van der Waals surface area (Å²) in [6.07, 6.45) is 4.28. The molecule has 2 aromatic carbocycles. The van der Waals surface area contributed by atoms with Gasteiger partial charge in [-0.3, -0.25) is 4.79 Å². The van der Waals surface area contributed by atoms with Crippen molar-refractivity contribution in [2.24, 2.45) is 0 Å². The van der Waals surface area contributed by atoms with Crippen molar-refractivity contribution in [3.8, 4) is 5.75 Å². The first-order valence-electron chi connectivity index (χ1n) is 7.30. The molecular weight excluding hydrogens is 274 g/mol. The fourth-order valence-corrected chi connectivity index (χ4v) is 2.06. The quantitative estimate of drug-likeness (QED) is 0.764. The monoisotopic (exact) mass is 295 g/mol. The van der Waals surface area contributed by atoms with Crippen molar-refractivity contribution < 1.29 is 9.53 Å². The molecule has 22 heavy (non-hydrogen) atoms. The molecule has 0 spiro atoms. The molecule has 0 heterocycles. The third-order valence-corrected chi connectivity index (χ3v) is 3.49. The highest BCUT2D eigenvalue weighted by Crippen LogP contribution is 2.12. The number of carbonyl (C=O) groups excluding carboxylic acids is 1. The van der Waals surface area contributed by atoms with Crippen molar-refractivity contribution in [1.29, 1.82) is 0 Å². The molecule has 0 radical (unpaired) electrons. The molecule has 0 unspecified atom stereocenters. The standard InChI is InChI=1S/C19H21NO2/c1-20(15-14-17-8-11-18(22-2)12-9-17)19(21)13-10-16-6-4-3-5-7-16/h3-13H,14-15H2,1-2H3/b13-10+. The van der Waals surface area contributed by atoms with Gasteiger partial charge in [-0.25, -0.2) is 0 Å². The summed E-state index contributed by atoms with van der Waals surface area (Å²) in [7, 11) is 3.47. The van der Waals surface area contributed by atoms with E-state index >= 15 is 0 Å². The molecule has 1 amide bonds. The third kappa shape index (κ3) is 4.77. The number of nitrogens with zero attached hydrogens (tertiary/aromatic N) is 1. The fourth-order valence-electron chi connectivity index (χ4n) is 2.06. The zero-order valence-corrected chi connectivity index (χ0v) is 13.0. The predicted octanol–water partition coefficient (Wildman–Crippen LogP) is 3.41. The topological polar surface area (TPSA) is 29.5 Å². The van der Waals surface area contributed by atoms with Gasteiger partial charge < -0.3 is 9.64 Å². The first-order chi connectivity index (χ1) is 10.7. The highest BCUT2D eigenvalue weighted by molar-refractivity contribution is 5.91. The lowest BCUT2D eigenvalue weighted by Gasteiger charge is -2.15. The van der Waals surface area contributed by atoms with E-state index < -0.39 is 0 Å². The van der Waals surface area contributed by atoms with Crippen molar-refractivity contribution in [3.63, 3.8) is 0 Å². The summed E-state index contributed by atoms with van der Waals surface area (Å²) < 4.78 is 5.13. The molecule has 0 fully saturated rings. The van der Waals surface area contributed by atoms with Gasteiger partial charge in [-0.2, -0.15) is 0 Å². The van der Waals surface area contributed by atoms with Crippen LogP contribution in [0.4, 0.5) is 0 Å².